The minimum Gasteiger partial charge on any atom is -0.334 e. The van der Waals surface area contributed by atoms with Crippen LogP contribution in [0.3, 0.4) is 0 Å². The molecule has 0 radical (unpaired) electrons. The van der Waals surface area contributed by atoms with E-state index < -0.39 is 25.0 Å². The van der Waals surface area contributed by atoms with Crippen LogP contribution in [-0.4, -0.2) is 69.8 Å². The van der Waals surface area contributed by atoms with Gasteiger partial charge >= 0.3 is 6.03 Å². The molecular weight excluding hydrogens is 449 g/mol. The van der Waals surface area contributed by atoms with Gasteiger partial charge in [0.1, 0.15) is 18.8 Å². The van der Waals surface area contributed by atoms with Crippen LogP contribution >= 0.6 is 0 Å². The van der Waals surface area contributed by atoms with Gasteiger partial charge in [-0.3, -0.25) is 9.59 Å². The van der Waals surface area contributed by atoms with Gasteiger partial charge in [0.15, 0.2) is 6.80 Å². The average Bonchev–Trinajstić information content (AvgIpc) is 3.43. The van der Waals surface area contributed by atoms with E-state index in [0.717, 1.165) is 36.3 Å². The Balaban J connectivity index is 1.49. The van der Waals surface area contributed by atoms with Crippen molar-refractivity contribution in [2.45, 2.75) is 50.5 Å². The first-order chi connectivity index (χ1) is 17.1. The minimum atomic E-state index is -0.984. The monoisotopic (exact) mass is 479 g/mol. The van der Waals surface area contributed by atoms with Gasteiger partial charge in [-0.2, -0.15) is 5.01 Å². The molecular formula is C26H30FN5O3. The zero-order chi connectivity index (χ0) is 24.4. The van der Waals surface area contributed by atoms with Crippen molar-refractivity contribution in [1.29, 1.82) is 0 Å². The fraction of sp³-hybridized carbons (Fsp3) is 0.423. The van der Waals surface area contributed by atoms with Gasteiger partial charge in [-0.05, 0) is 24.0 Å². The van der Waals surface area contributed by atoms with Crippen molar-refractivity contribution in [2.75, 3.05) is 19.9 Å². The summed E-state index contributed by atoms with van der Waals surface area (Å²) in [5, 5.41) is 5.30. The Morgan fingerprint density at radius 3 is 2.29 bits per heavy atom. The summed E-state index contributed by atoms with van der Waals surface area (Å²) in [6.45, 7) is -0.869. The summed E-state index contributed by atoms with van der Waals surface area (Å²) in [7, 11) is 0. The molecule has 184 valence electrons. The maximum atomic E-state index is 14.1. The van der Waals surface area contributed by atoms with Gasteiger partial charge < -0.3 is 15.1 Å². The van der Waals surface area contributed by atoms with E-state index in [1.807, 2.05) is 65.6 Å². The van der Waals surface area contributed by atoms with Crippen LogP contribution in [0, 0.1) is 0 Å². The third-order valence-corrected chi connectivity index (χ3v) is 7.18. The van der Waals surface area contributed by atoms with Crippen molar-refractivity contribution in [3.63, 3.8) is 0 Å². The highest BCUT2D eigenvalue weighted by Crippen LogP contribution is 2.37. The molecule has 35 heavy (non-hydrogen) atoms. The molecule has 0 bridgehead atoms. The Hall–Kier alpha value is -3.46. The third-order valence-electron chi connectivity index (χ3n) is 7.18. The lowest BCUT2D eigenvalue weighted by molar-refractivity contribution is -0.197. The minimum absolute atomic E-state index is 0.0564. The molecule has 4 amide bonds. The Labute approximate surface area is 204 Å². The van der Waals surface area contributed by atoms with Gasteiger partial charge in [-0.15, -0.1) is 0 Å². The predicted molar refractivity (Wildman–Crippen MR) is 127 cm³/mol. The molecule has 0 aromatic heterocycles. The number of halogens is 1. The van der Waals surface area contributed by atoms with Gasteiger partial charge in [-0.1, -0.05) is 73.5 Å². The summed E-state index contributed by atoms with van der Waals surface area (Å²) >= 11 is 0. The molecule has 5 rings (SSSR count). The van der Waals surface area contributed by atoms with Crippen LogP contribution < -0.4 is 5.32 Å². The normalized spacial score (nSPS) is 23.5. The number of rotatable bonds is 5. The molecule has 2 aromatic carbocycles. The van der Waals surface area contributed by atoms with E-state index in [0.29, 0.717) is 5.56 Å². The maximum Gasteiger partial charge on any atom is 0.334 e. The number of nitrogens with one attached hydrogen (secondary N) is 1. The second-order valence-electron chi connectivity index (χ2n) is 9.30. The number of hydrazine groups is 1. The molecule has 9 heteroatoms. The summed E-state index contributed by atoms with van der Waals surface area (Å²) in [6, 6.07) is 17.3. The fourth-order valence-corrected chi connectivity index (χ4v) is 5.51. The zero-order valence-electron chi connectivity index (χ0n) is 19.6. The van der Waals surface area contributed by atoms with Crippen LogP contribution in [0.5, 0.6) is 0 Å². The maximum absolute atomic E-state index is 14.1. The quantitative estimate of drug-likeness (QED) is 0.669. The van der Waals surface area contributed by atoms with Crippen LogP contribution in [0.15, 0.2) is 60.7 Å². The molecule has 2 atom stereocenters. The number of urea groups is 1. The summed E-state index contributed by atoms with van der Waals surface area (Å²) in [6.07, 6.45) is 3.05. The lowest BCUT2D eigenvalue weighted by Gasteiger charge is -2.55. The number of alkyl halides is 1. The SMILES string of the molecule is O=C1[C@H](c2ccccc2)N2C(=O)CN(CF)N(C(=O)NCc3ccccc3)[C@H]2CN1C1CCCC1. The Morgan fingerprint density at radius 1 is 0.971 bits per heavy atom. The van der Waals surface area contributed by atoms with Gasteiger partial charge in [0, 0.05) is 12.6 Å². The summed E-state index contributed by atoms with van der Waals surface area (Å²) in [5.41, 5.74) is 1.60. The van der Waals surface area contributed by atoms with E-state index in [4.69, 9.17) is 0 Å². The van der Waals surface area contributed by atoms with Crippen molar-refractivity contribution in [2.24, 2.45) is 0 Å². The fourth-order valence-electron chi connectivity index (χ4n) is 5.51. The molecule has 2 aliphatic heterocycles. The Morgan fingerprint density at radius 2 is 1.63 bits per heavy atom. The van der Waals surface area contributed by atoms with E-state index in [1.165, 1.54) is 9.91 Å². The molecule has 1 saturated carbocycles. The molecule has 3 aliphatic rings. The molecule has 1 N–H and O–H groups in total. The standard InChI is InChI=1S/C26H30FN5O3/c27-18-29-17-23(33)31-22(32(29)26(35)28-15-19-9-3-1-4-10-19)16-30(21-13-7-8-14-21)25(34)24(31)20-11-5-2-6-12-20/h1-6,9-12,21-22,24H,7-8,13-18H2,(H,28,35)/t22-,24-/m0/s1. The smallest absolute Gasteiger partial charge is 0.334 e. The van der Waals surface area contributed by atoms with Gasteiger partial charge in [0.25, 0.3) is 0 Å². The second-order valence-corrected chi connectivity index (χ2v) is 9.30. The largest absolute Gasteiger partial charge is 0.334 e. The molecule has 2 aromatic rings. The lowest BCUT2D eigenvalue weighted by Crippen LogP contribution is -2.74. The van der Waals surface area contributed by atoms with Gasteiger partial charge in [0.2, 0.25) is 11.8 Å². The van der Waals surface area contributed by atoms with Crippen molar-refractivity contribution >= 4 is 17.8 Å². The number of hydrogen-bond acceptors (Lipinski definition) is 4. The molecule has 1 aliphatic carbocycles. The highest BCUT2D eigenvalue weighted by atomic mass is 19.1. The third kappa shape index (κ3) is 4.48. The van der Waals surface area contributed by atoms with Crippen molar-refractivity contribution in [1.82, 2.24) is 25.1 Å². The summed E-state index contributed by atoms with van der Waals surface area (Å²) < 4.78 is 14.1. The number of piperazine rings is 1. The molecule has 0 spiro atoms. The zero-order valence-corrected chi connectivity index (χ0v) is 19.6. The number of carbonyl (C=O) groups excluding carboxylic acids is 3. The molecule has 3 fully saturated rings. The van der Waals surface area contributed by atoms with Gasteiger partial charge in [0.05, 0.1) is 6.54 Å². The molecule has 2 saturated heterocycles. The number of benzene rings is 2. The van der Waals surface area contributed by atoms with Gasteiger partial charge in [-0.25, -0.2) is 14.2 Å². The average molecular weight is 480 g/mol. The van der Waals surface area contributed by atoms with Crippen molar-refractivity contribution < 1.29 is 18.8 Å². The number of nitrogens with zero attached hydrogens (tertiary/aromatic N) is 4. The van der Waals surface area contributed by atoms with E-state index in [-0.39, 0.29) is 37.5 Å². The van der Waals surface area contributed by atoms with Crippen LogP contribution in [-0.2, 0) is 16.1 Å². The first-order valence-corrected chi connectivity index (χ1v) is 12.2. The molecule has 0 unspecified atom stereocenters. The first-order valence-electron chi connectivity index (χ1n) is 12.2. The van der Waals surface area contributed by atoms with Crippen LogP contribution in [0.25, 0.3) is 0 Å². The highest BCUT2D eigenvalue weighted by Gasteiger charge is 2.53. The predicted octanol–water partition coefficient (Wildman–Crippen LogP) is 3.04. The number of amides is 4. The Kier molecular flexibility index (Phi) is 6.68. The van der Waals surface area contributed by atoms with E-state index in [9.17, 15) is 18.8 Å². The van der Waals surface area contributed by atoms with E-state index in [1.54, 1.807) is 0 Å². The Bertz CT molecular complexity index is 1060. The molecule has 2 heterocycles. The number of hydrogen-bond donors (Lipinski definition) is 1. The van der Waals surface area contributed by atoms with Crippen LogP contribution in [0.1, 0.15) is 42.9 Å². The summed E-state index contributed by atoms with van der Waals surface area (Å²) in [5.74, 6) is -0.501. The summed E-state index contributed by atoms with van der Waals surface area (Å²) in [4.78, 5) is 43.8. The number of fused-ring (bicyclic) bond motifs is 1. The van der Waals surface area contributed by atoms with E-state index in [2.05, 4.69) is 5.32 Å². The van der Waals surface area contributed by atoms with Crippen molar-refractivity contribution in [3.05, 3.63) is 71.8 Å². The topological polar surface area (TPSA) is 76.2 Å². The second kappa shape index (κ2) is 10.0. The van der Waals surface area contributed by atoms with Crippen molar-refractivity contribution in [3.8, 4) is 0 Å². The highest BCUT2D eigenvalue weighted by molar-refractivity contribution is 5.92. The van der Waals surface area contributed by atoms with Crippen LogP contribution in [0.2, 0.25) is 0 Å². The van der Waals surface area contributed by atoms with Crippen LogP contribution in [0.4, 0.5) is 9.18 Å². The van der Waals surface area contributed by atoms with E-state index >= 15 is 0 Å². The first kappa shape index (κ1) is 23.3. The molecule has 8 nitrogen and oxygen atoms in total. The lowest BCUT2D eigenvalue weighted by atomic mass is 9.97. The number of carbonyl (C=O) groups is 3.